The van der Waals surface area contributed by atoms with Crippen LogP contribution in [0.4, 0.5) is 0 Å². The molecule has 30 heavy (non-hydrogen) atoms. The van der Waals surface area contributed by atoms with Gasteiger partial charge < -0.3 is 14.2 Å². The highest BCUT2D eigenvalue weighted by atomic mass is 16.5. The highest BCUT2D eigenvalue weighted by molar-refractivity contribution is 5.91. The number of esters is 1. The van der Waals surface area contributed by atoms with E-state index in [1.54, 1.807) is 48.5 Å². The van der Waals surface area contributed by atoms with Crippen molar-refractivity contribution in [1.29, 1.82) is 0 Å². The Labute approximate surface area is 177 Å². The molecule has 0 bridgehead atoms. The van der Waals surface area contributed by atoms with Gasteiger partial charge in [0.25, 0.3) is 0 Å². The highest BCUT2D eigenvalue weighted by Crippen LogP contribution is 2.21. The second kappa shape index (κ2) is 10.2. The first-order chi connectivity index (χ1) is 14.5. The van der Waals surface area contributed by atoms with Crippen molar-refractivity contribution in [3.05, 3.63) is 89.5 Å². The number of benzene rings is 3. The first kappa shape index (κ1) is 21.0. The molecule has 0 saturated carbocycles. The third-order valence-electron chi connectivity index (χ3n) is 4.12. The molecule has 0 N–H and O–H groups in total. The zero-order valence-corrected chi connectivity index (χ0v) is 17.3. The summed E-state index contributed by atoms with van der Waals surface area (Å²) in [6.45, 7) is 6.17. The van der Waals surface area contributed by atoms with Crippen LogP contribution in [0.5, 0.6) is 17.2 Å². The van der Waals surface area contributed by atoms with E-state index >= 15 is 0 Å². The van der Waals surface area contributed by atoms with Crippen LogP contribution in [0.2, 0.25) is 0 Å². The minimum Gasteiger partial charge on any atom is -0.491 e. The van der Waals surface area contributed by atoms with Crippen molar-refractivity contribution in [2.45, 2.75) is 33.5 Å². The quantitative estimate of drug-likeness (QED) is 0.292. The minimum absolute atomic E-state index is 0.0817. The van der Waals surface area contributed by atoms with Crippen LogP contribution in [0, 0.1) is 11.8 Å². The lowest BCUT2D eigenvalue weighted by molar-refractivity contribution is 0.0734. The predicted molar refractivity (Wildman–Crippen MR) is 117 cm³/mol. The van der Waals surface area contributed by atoms with Crippen molar-refractivity contribution in [1.82, 2.24) is 0 Å². The predicted octanol–water partition coefficient (Wildman–Crippen LogP) is 5.64. The summed E-state index contributed by atoms with van der Waals surface area (Å²) in [7, 11) is 0. The molecular formula is C26H24O4. The molecule has 0 atom stereocenters. The summed E-state index contributed by atoms with van der Waals surface area (Å²) in [4.78, 5) is 12.3. The molecule has 0 heterocycles. The smallest absolute Gasteiger partial charge is 0.343 e. The molecule has 3 rings (SSSR count). The molecule has 0 aromatic heterocycles. The van der Waals surface area contributed by atoms with Crippen LogP contribution in [0.1, 0.15) is 42.3 Å². The fourth-order valence-corrected chi connectivity index (χ4v) is 2.71. The van der Waals surface area contributed by atoms with E-state index in [9.17, 15) is 4.79 Å². The van der Waals surface area contributed by atoms with E-state index in [2.05, 4.69) is 11.8 Å². The van der Waals surface area contributed by atoms with Gasteiger partial charge in [-0.05, 0) is 87.0 Å². The summed E-state index contributed by atoms with van der Waals surface area (Å²) < 4.78 is 16.8. The van der Waals surface area contributed by atoms with Gasteiger partial charge in [0.2, 0.25) is 0 Å². The molecule has 0 unspecified atom stereocenters. The van der Waals surface area contributed by atoms with Crippen molar-refractivity contribution < 1.29 is 19.0 Å². The van der Waals surface area contributed by atoms with Gasteiger partial charge in [0.1, 0.15) is 23.9 Å². The number of hydrogen-bond donors (Lipinski definition) is 0. The van der Waals surface area contributed by atoms with Gasteiger partial charge in [-0.2, -0.15) is 0 Å². The molecule has 0 aliphatic rings. The number of hydrogen-bond acceptors (Lipinski definition) is 4. The van der Waals surface area contributed by atoms with Crippen LogP contribution >= 0.6 is 0 Å². The number of rotatable bonds is 7. The Morgan fingerprint density at radius 3 is 2.03 bits per heavy atom. The first-order valence-electron chi connectivity index (χ1n) is 9.77. The van der Waals surface area contributed by atoms with Gasteiger partial charge in [-0.15, -0.1) is 5.92 Å². The van der Waals surface area contributed by atoms with E-state index in [0.717, 1.165) is 16.9 Å². The summed E-state index contributed by atoms with van der Waals surface area (Å²) >= 11 is 0. The van der Waals surface area contributed by atoms with E-state index < -0.39 is 5.97 Å². The van der Waals surface area contributed by atoms with Gasteiger partial charge in [0, 0.05) is 5.56 Å². The van der Waals surface area contributed by atoms with Crippen molar-refractivity contribution in [3.8, 4) is 29.1 Å². The van der Waals surface area contributed by atoms with Crippen LogP contribution in [0.15, 0.2) is 72.8 Å². The van der Waals surface area contributed by atoms with E-state index in [1.807, 2.05) is 45.0 Å². The standard InChI is InChI=1S/C26H24O4/c1-4-5-20-6-8-21(9-7-20)18-28-23-14-16-25(17-15-23)30-26(27)22-10-12-24(13-11-22)29-19(2)3/h6-17,19H,18H2,1-3H3. The van der Waals surface area contributed by atoms with Gasteiger partial charge in [0.15, 0.2) is 0 Å². The summed E-state index contributed by atoms with van der Waals surface area (Å²) in [6.07, 6.45) is 0.0817. The normalized spacial score (nSPS) is 10.1. The Balaban J connectivity index is 1.53. The molecule has 3 aromatic rings. The topological polar surface area (TPSA) is 44.8 Å². The third-order valence-corrected chi connectivity index (χ3v) is 4.12. The number of carbonyl (C=O) groups is 1. The van der Waals surface area contributed by atoms with E-state index in [-0.39, 0.29) is 6.10 Å². The fourth-order valence-electron chi connectivity index (χ4n) is 2.71. The zero-order chi connectivity index (χ0) is 21.3. The van der Waals surface area contributed by atoms with E-state index in [0.29, 0.717) is 23.7 Å². The molecule has 0 aliphatic carbocycles. The third kappa shape index (κ3) is 6.15. The number of carbonyl (C=O) groups excluding carboxylic acids is 1. The average Bonchev–Trinajstić information content (AvgIpc) is 2.74. The maximum atomic E-state index is 12.3. The summed E-state index contributed by atoms with van der Waals surface area (Å²) in [6, 6.07) is 21.8. The minimum atomic E-state index is -0.421. The molecule has 4 heteroatoms. The maximum absolute atomic E-state index is 12.3. The van der Waals surface area contributed by atoms with Crippen molar-refractivity contribution in [2.75, 3.05) is 0 Å². The van der Waals surface area contributed by atoms with Crippen molar-refractivity contribution >= 4 is 5.97 Å². The molecule has 0 saturated heterocycles. The maximum Gasteiger partial charge on any atom is 0.343 e. The second-order valence-electron chi connectivity index (χ2n) is 6.91. The lowest BCUT2D eigenvalue weighted by Gasteiger charge is -2.10. The zero-order valence-electron chi connectivity index (χ0n) is 17.3. The van der Waals surface area contributed by atoms with Gasteiger partial charge in [-0.1, -0.05) is 18.1 Å². The monoisotopic (exact) mass is 400 g/mol. The summed E-state index contributed by atoms with van der Waals surface area (Å²) in [5.41, 5.74) is 2.49. The largest absolute Gasteiger partial charge is 0.491 e. The molecular weight excluding hydrogens is 376 g/mol. The average molecular weight is 400 g/mol. The summed E-state index contributed by atoms with van der Waals surface area (Å²) in [5.74, 6) is 7.34. The Morgan fingerprint density at radius 1 is 0.833 bits per heavy atom. The van der Waals surface area contributed by atoms with Gasteiger partial charge in [-0.3, -0.25) is 0 Å². The van der Waals surface area contributed by atoms with Crippen LogP contribution in [-0.2, 0) is 6.61 Å². The van der Waals surface area contributed by atoms with Gasteiger partial charge >= 0.3 is 5.97 Å². The number of ether oxygens (including phenoxy) is 3. The van der Waals surface area contributed by atoms with Gasteiger partial charge in [0.05, 0.1) is 11.7 Å². The van der Waals surface area contributed by atoms with Crippen LogP contribution in [0.25, 0.3) is 0 Å². The van der Waals surface area contributed by atoms with Crippen LogP contribution < -0.4 is 14.2 Å². The summed E-state index contributed by atoms with van der Waals surface area (Å²) in [5, 5.41) is 0. The molecule has 3 aromatic carbocycles. The molecule has 0 aliphatic heterocycles. The Bertz CT molecular complexity index is 1020. The van der Waals surface area contributed by atoms with Crippen LogP contribution in [-0.4, -0.2) is 12.1 Å². The SMILES string of the molecule is CC#Cc1ccc(COc2ccc(OC(=O)c3ccc(OC(C)C)cc3)cc2)cc1. The molecule has 0 spiro atoms. The lowest BCUT2D eigenvalue weighted by atomic mass is 10.1. The molecule has 152 valence electrons. The lowest BCUT2D eigenvalue weighted by Crippen LogP contribution is -2.09. The molecule has 4 nitrogen and oxygen atoms in total. The van der Waals surface area contributed by atoms with Crippen molar-refractivity contribution in [3.63, 3.8) is 0 Å². The highest BCUT2D eigenvalue weighted by Gasteiger charge is 2.09. The fraction of sp³-hybridized carbons (Fsp3) is 0.192. The Hall–Kier alpha value is -3.71. The van der Waals surface area contributed by atoms with Gasteiger partial charge in [-0.25, -0.2) is 4.79 Å². The van der Waals surface area contributed by atoms with E-state index in [4.69, 9.17) is 14.2 Å². The Kier molecular flexibility index (Phi) is 7.13. The Morgan fingerprint density at radius 2 is 1.43 bits per heavy atom. The van der Waals surface area contributed by atoms with Crippen LogP contribution in [0.3, 0.4) is 0 Å². The second-order valence-corrected chi connectivity index (χ2v) is 6.91. The molecule has 0 radical (unpaired) electrons. The first-order valence-corrected chi connectivity index (χ1v) is 9.77. The molecule has 0 amide bonds. The molecule has 0 fully saturated rings. The van der Waals surface area contributed by atoms with E-state index in [1.165, 1.54) is 0 Å². The van der Waals surface area contributed by atoms with Crippen molar-refractivity contribution in [2.24, 2.45) is 0 Å².